The highest BCUT2D eigenvalue weighted by Crippen LogP contribution is 2.31. The number of rotatable bonds is 9. The Hall–Kier alpha value is -3.34. The van der Waals surface area contributed by atoms with E-state index in [1.807, 2.05) is 0 Å². The van der Waals surface area contributed by atoms with Gasteiger partial charge in [-0.3, -0.25) is 9.59 Å². The first-order valence-corrected chi connectivity index (χ1v) is 12.2. The number of benzene rings is 3. The molecule has 0 spiro atoms. The molecule has 3 N–H and O–H groups in total. The van der Waals surface area contributed by atoms with E-state index in [-0.39, 0.29) is 27.9 Å². The number of carbonyl (C=O) groups excluding carboxylic acids is 2. The Bertz CT molecular complexity index is 1310. The Kier molecular flexibility index (Phi) is 8.21. The summed E-state index contributed by atoms with van der Waals surface area (Å²) >= 11 is 5.88. The Labute approximate surface area is 206 Å². The van der Waals surface area contributed by atoms with Gasteiger partial charge in [-0.2, -0.15) is 4.31 Å². The molecule has 0 saturated heterocycles. The zero-order valence-corrected chi connectivity index (χ0v) is 20.1. The Morgan fingerprint density at radius 3 is 2.09 bits per heavy atom. The van der Waals surface area contributed by atoms with Gasteiger partial charge in [0.25, 0.3) is 5.91 Å². The van der Waals surface area contributed by atoms with Crippen molar-refractivity contribution in [3.05, 3.63) is 100 Å². The van der Waals surface area contributed by atoms with Gasteiger partial charge in [0.15, 0.2) is 0 Å². The predicted molar refractivity (Wildman–Crippen MR) is 127 cm³/mol. The summed E-state index contributed by atoms with van der Waals surface area (Å²) in [4.78, 5) is 24.3. The first-order valence-electron chi connectivity index (χ1n) is 10.4. The number of hydrogen-bond acceptors (Lipinski definition) is 4. The molecule has 3 rings (SSSR count). The van der Waals surface area contributed by atoms with Crippen LogP contribution in [0.1, 0.15) is 34.5 Å². The lowest BCUT2D eigenvalue weighted by atomic mass is 10.0. The van der Waals surface area contributed by atoms with Crippen LogP contribution in [0.4, 0.5) is 8.78 Å². The van der Waals surface area contributed by atoms with Crippen molar-refractivity contribution in [3.63, 3.8) is 0 Å². The minimum absolute atomic E-state index is 0.205. The molecule has 3 aromatic rings. The molecule has 0 aliphatic carbocycles. The molecule has 184 valence electrons. The molecule has 0 bridgehead atoms. The maximum absolute atomic E-state index is 14.0. The molecule has 0 aliphatic heterocycles. The van der Waals surface area contributed by atoms with Gasteiger partial charge < -0.3 is 11.1 Å². The molecular formula is C24H22ClF2N3O4S. The molecular weight excluding hydrogens is 500 g/mol. The van der Waals surface area contributed by atoms with E-state index in [4.69, 9.17) is 17.3 Å². The van der Waals surface area contributed by atoms with Gasteiger partial charge in [-0.25, -0.2) is 17.2 Å². The summed E-state index contributed by atoms with van der Waals surface area (Å²) < 4.78 is 56.0. The normalized spacial score (nSPS) is 12.4. The predicted octanol–water partition coefficient (Wildman–Crippen LogP) is 3.79. The van der Waals surface area contributed by atoms with Crippen LogP contribution in [0.5, 0.6) is 0 Å². The van der Waals surface area contributed by atoms with Crippen LogP contribution in [0.2, 0.25) is 5.02 Å². The van der Waals surface area contributed by atoms with Crippen molar-refractivity contribution in [2.45, 2.75) is 24.4 Å². The second-order valence-electron chi connectivity index (χ2n) is 7.57. The number of nitrogens with zero attached hydrogens (tertiary/aromatic N) is 1. The summed E-state index contributed by atoms with van der Waals surface area (Å²) in [5, 5.41) is 2.94. The third-order valence-electron chi connectivity index (χ3n) is 5.07. The zero-order chi connectivity index (χ0) is 25.8. The Morgan fingerprint density at radius 1 is 1.00 bits per heavy atom. The third kappa shape index (κ3) is 6.21. The van der Waals surface area contributed by atoms with E-state index < -0.39 is 33.6 Å². The standard InChI is InChI=1S/C24H22ClF2N3O4S/c1-2-29-24(32)16-5-3-15(4-6-16)14-30(35(33,34)21-9-7-18(25)8-10-21)22(23(28)31)17-11-19(26)13-20(27)12-17/h3-13,22H,2,14H2,1H3,(H2,28,31)(H,29,32). The van der Waals surface area contributed by atoms with Gasteiger partial charge in [-0.15, -0.1) is 0 Å². The van der Waals surface area contributed by atoms with Gasteiger partial charge in [-0.05, 0) is 66.6 Å². The van der Waals surface area contributed by atoms with Crippen LogP contribution in [0.3, 0.4) is 0 Å². The highest BCUT2D eigenvalue weighted by molar-refractivity contribution is 7.89. The third-order valence-corrected chi connectivity index (χ3v) is 7.15. The van der Waals surface area contributed by atoms with Crippen molar-refractivity contribution >= 4 is 33.4 Å². The minimum Gasteiger partial charge on any atom is -0.368 e. The quantitative estimate of drug-likeness (QED) is 0.446. The molecule has 0 saturated carbocycles. The van der Waals surface area contributed by atoms with Crippen LogP contribution in [0.15, 0.2) is 71.6 Å². The minimum atomic E-state index is -4.42. The Morgan fingerprint density at radius 2 is 1.57 bits per heavy atom. The number of nitrogens with two attached hydrogens (primary N) is 1. The van der Waals surface area contributed by atoms with Crippen molar-refractivity contribution in [1.29, 1.82) is 0 Å². The highest BCUT2D eigenvalue weighted by atomic mass is 35.5. The molecule has 0 aliphatic rings. The summed E-state index contributed by atoms with van der Waals surface area (Å²) in [5.74, 6) is -3.44. The van der Waals surface area contributed by atoms with Crippen LogP contribution < -0.4 is 11.1 Å². The smallest absolute Gasteiger partial charge is 0.251 e. The van der Waals surface area contributed by atoms with Gasteiger partial charge in [0.1, 0.15) is 17.7 Å². The van der Waals surface area contributed by atoms with Crippen LogP contribution in [0, 0.1) is 11.6 Å². The average Bonchev–Trinajstić information content (AvgIpc) is 2.78. The van der Waals surface area contributed by atoms with Crippen LogP contribution in [-0.4, -0.2) is 31.1 Å². The largest absolute Gasteiger partial charge is 0.368 e. The second-order valence-corrected chi connectivity index (χ2v) is 9.90. The average molecular weight is 522 g/mol. The van der Waals surface area contributed by atoms with E-state index in [1.54, 1.807) is 6.92 Å². The maximum Gasteiger partial charge on any atom is 0.251 e. The van der Waals surface area contributed by atoms with Gasteiger partial charge in [0, 0.05) is 29.7 Å². The monoisotopic (exact) mass is 521 g/mol. The van der Waals surface area contributed by atoms with E-state index in [0.29, 0.717) is 23.7 Å². The molecule has 2 amide bonds. The Balaban J connectivity index is 2.11. The zero-order valence-electron chi connectivity index (χ0n) is 18.5. The molecule has 0 heterocycles. The summed E-state index contributed by atoms with van der Waals surface area (Å²) in [7, 11) is -4.42. The molecule has 0 radical (unpaired) electrons. The molecule has 3 aromatic carbocycles. The molecule has 0 fully saturated rings. The van der Waals surface area contributed by atoms with Crippen molar-refractivity contribution in [2.75, 3.05) is 6.54 Å². The second kappa shape index (κ2) is 10.9. The fraction of sp³-hybridized carbons (Fsp3) is 0.167. The van der Waals surface area contributed by atoms with Crippen LogP contribution in [0.25, 0.3) is 0 Å². The molecule has 11 heteroatoms. The van der Waals surface area contributed by atoms with Gasteiger partial charge in [0.05, 0.1) is 4.90 Å². The summed E-state index contributed by atoms with van der Waals surface area (Å²) in [5.41, 5.74) is 6.03. The number of carbonyl (C=O) groups is 2. The van der Waals surface area contributed by atoms with E-state index >= 15 is 0 Å². The molecule has 1 unspecified atom stereocenters. The SMILES string of the molecule is CCNC(=O)c1ccc(CN(C(C(N)=O)c2cc(F)cc(F)c2)S(=O)(=O)c2ccc(Cl)cc2)cc1. The van der Waals surface area contributed by atoms with E-state index in [0.717, 1.165) is 16.4 Å². The van der Waals surface area contributed by atoms with Gasteiger partial charge in [0.2, 0.25) is 15.9 Å². The topological polar surface area (TPSA) is 110 Å². The fourth-order valence-electron chi connectivity index (χ4n) is 3.47. The molecule has 7 nitrogen and oxygen atoms in total. The van der Waals surface area contributed by atoms with E-state index in [9.17, 15) is 26.8 Å². The number of nitrogens with one attached hydrogen (secondary N) is 1. The molecule has 35 heavy (non-hydrogen) atoms. The van der Waals surface area contributed by atoms with Crippen LogP contribution in [-0.2, 0) is 21.4 Å². The number of amides is 2. The number of halogens is 3. The highest BCUT2D eigenvalue weighted by Gasteiger charge is 2.36. The van der Waals surface area contributed by atoms with Crippen molar-refractivity contribution in [2.24, 2.45) is 5.73 Å². The first kappa shape index (κ1) is 26.3. The van der Waals surface area contributed by atoms with E-state index in [1.165, 1.54) is 48.5 Å². The van der Waals surface area contributed by atoms with Crippen molar-refractivity contribution < 1.29 is 26.8 Å². The molecule has 0 aromatic heterocycles. The number of hydrogen-bond donors (Lipinski definition) is 2. The summed E-state index contributed by atoms with van der Waals surface area (Å²) in [6.07, 6.45) is 0. The molecule has 1 atom stereocenters. The van der Waals surface area contributed by atoms with Gasteiger partial charge in [-0.1, -0.05) is 23.7 Å². The van der Waals surface area contributed by atoms with E-state index in [2.05, 4.69) is 5.32 Å². The lowest BCUT2D eigenvalue weighted by Gasteiger charge is -2.29. The summed E-state index contributed by atoms with van der Waals surface area (Å²) in [6.45, 7) is 1.82. The van der Waals surface area contributed by atoms with Crippen molar-refractivity contribution in [1.82, 2.24) is 9.62 Å². The number of sulfonamides is 1. The first-order chi connectivity index (χ1) is 16.5. The lowest BCUT2D eigenvalue weighted by Crippen LogP contribution is -2.41. The maximum atomic E-state index is 14.0. The number of primary amides is 1. The lowest BCUT2D eigenvalue weighted by molar-refractivity contribution is -0.122. The fourth-order valence-corrected chi connectivity index (χ4v) is 5.17. The van der Waals surface area contributed by atoms with Crippen molar-refractivity contribution in [3.8, 4) is 0 Å². The summed E-state index contributed by atoms with van der Waals surface area (Å²) in [6, 6.07) is 11.8. The van der Waals surface area contributed by atoms with Gasteiger partial charge >= 0.3 is 0 Å². The van der Waals surface area contributed by atoms with Crippen LogP contribution >= 0.6 is 11.6 Å².